The molecule has 0 spiro atoms. The summed E-state index contributed by atoms with van der Waals surface area (Å²) in [5, 5.41) is 9.03. The predicted octanol–water partition coefficient (Wildman–Crippen LogP) is 2.49. The van der Waals surface area contributed by atoms with Gasteiger partial charge in [0.25, 0.3) is 0 Å². The van der Waals surface area contributed by atoms with Crippen LogP contribution >= 0.6 is 0 Å². The number of nitrogens with zero attached hydrogens (tertiary/aromatic N) is 3. The molecule has 0 aliphatic carbocycles. The first-order chi connectivity index (χ1) is 9.74. The molecule has 0 aliphatic heterocycles. The Bertz CT molecular complexity index is 829. The van der Waals surface area contributed by atoms with E-state index in [0.717, 1.165) is 16.7 Å². The number of methoxy groups -OCH3 is 1. The van der Waals surface area contributed by atoms with Crippen molar-refractivity contribution >= 4 is 17.0 Å². The SMILES string of the molecule is COc1ccccc1-n1c(N)nc2ccc(C#N)cc21. The molecule has 2 aromatic carbocycles. The van der Waals surface area contributed by atoms with Crippen molar-refractivity contribution in [1.29, 1.82) is 5.26 Å². The van der Waals surface area contributed by atoms with Crippen LogP contribution in [0.2, 0.25) is 0 Å². The van der Waals surface area contributed by atoms with Crippen molar-refractivity contribution in [2.24, 2.45) is 0 Å². The summed E-state index contributed by atoms with van der Waals surface area (Å²) in [7, 11) is 1.61. The number of rotatable bonds is 2. The maximum absolute atomic E-state index is 9.03. The van der Waals surface area contributed by atoms with Crippen molar-refractivity contribution in [1.82, 2.24) is 9.55 Å². The van der Waals surface area contributed by atoms with Gasteiger partial charge in [0.2, 0.25) is 5.95 Å². The molecule has 1 heterocycles. The summed E-state index contributed by atoms with van der Waals surface area (Å²) in [6, 6.07) is 14.9. The number of nitrogen functional groups attached to an aromatic ring is 1. The molecular formula is C15H12N4O. The first-order valence-electron chi connectivity index (χ1n) is 6.06. The van der Waals surface area contributed by atoms with E-state index in [1.807, 2.05) is 24.3 Å². The topological polar surface area (TPSA) is 76.9 Å². The number of nitriles is 1. The van der Waals surface area contributed by atoms with Gasteiger partial charge in [-0.05, 0) is 30.3 Å². The van der Waals surface area contributed by atoms with Crippen molar-refractivity contribution < 1.29 is 4.74 Å². The van der Waals surface area contributed by atoms with Gasteiger partial charge in [0, 0.05) is 0 Å². The minimum Gasteiger partial charge on any atom is -0.495 e. The van der Waals surface area contributed by atoms with Crippen LogP contribution in [0, 0.1) is 11.3 Å². The average Bonchev–Trinajstić information content (AvgIpc) is 2.81. The van der Waals surface area contributed by atoms with Crippen molar-refractivity contribution in [2.45, 2.75) is 0 Å². The summed E-state index contributed by atoms with van der Waals surface area (Å²) in [6.45, 7) is 0. The fourth-order valence-electron chi connectivity index (χ4n) is 2.23. The third-order valence-corrected chi connectivity index (χ3v) is 3.14. The number of ether oxygens (including phenoxy) is 1. The first kappa shape index (κ1) is 12.1. The second-order valence-electron chi connectivity index (χ2n) is 4.29. The molecule has 0 saturated heterocycles. The zero-order valence-electron chi connectivity index (χ0n) is 10.9. The van der Waals surface area contributed by atoms with E-state index in [1.165, 1.54) is 0 Å². The van der Waals surface area contributed by atoms with Crippen LogP contribution in [0.25, 0.3) is 16.7 Å². The number of aromatic nitrogens is 2. The molecule has 2 N–H and O–H groups in total. The molecular weight excluding hydrogens is 252 g/mol. The molecule has 0 unspecified atom stereocenters. The number of para-hydroxylation sites is 2. The molecule has 0 aliphatic rings. The number of hydrogen-bond acceptors (Lipinski definition) is 4. The molecule has 5 nitrogen and oxygen atoms in total. The Hall–Kier alpha value is -3.00. The second kappa shape index (κ2) is 4.59. The maximum Gasteiger partial charge on any atom is 0.206 e. The molecule has 20 heavy (non-hydrogen) atoms. The smallest absolute Gasteiger partial charge is 0.206 e. The molecule has 0 atom stereocenters. The van der Waals surface area contributed by atoms with Crippen molar-refractivity contribution in [3.63, 3.8) is 0 Å². The zero-order chi connectivity index (χ0) is 14.1. The van der Waals surface area contributed by atoms with E-state index in [-0.39, 0.29) is 0 Å². The number of hydrogen-bond donors (Lipinski definition) is 1. The van der Waals surface area contributed by atoms with E-state index < -0.39 is 0 Å². The second-order valence-corrected chi connectivity index (χ2v) is 4.29. The standard InChI is InChI=1S/C15H12N4O/c1-20-14-5-3-2-4-12(14)19-13-8-10(9-16)6-7-11(13)18-15(19)17/h2-8H,1H3,(H2,17,18). The Morgan fingerprint density at radius 3 is 2.80 bits per heavy atom. The predicted molar refractivity (Wildman–Crippen MR) is 76.7 cm³/mol. The normalized spacial score (nSPS) is 10.4. The van der Waals surface area contributed by atoms with Gasteiger partial charge in [0.05, 0.1) is 35.5 Å². The van der Waals surface area contributed by atoms with Gasteiger partial charge in [-0.1, -0.05) is 12.1 Å². The fraction of sp³-hybridized carbons (Fsp3) is 0.0667. The van der Waals surface area contributed by atoms with E-state index in [2.05, 4.69) is 11.1 Å². The molecule has 0 fully saturated rings. The van der Waals surface area contributed by atoms with Gasteiger partial charge in [-0.25, -0.2) is 4.98 Å². The molecule has 3 rings (SSSR count). The van der Waals surface area contributed by atoms with E-state index in [4.69, 9.17) is 15.7 Å². The van der Waals surface area contributed by atoms with Crippen molar-refractivity contribution in [3.8, 4) is 17.5 Å². The van der Waals surface area contributed by atoms with E-state index in [1.54, 1.807) is 29.9 Å². The molecule has 3 aromatic rings. The average molecular weight is 264 g/mol. The summed E-state index contributed by atoms with van der Waals surface area (Å²) < 4.78 is 7.15. The Labute approximate surface area is 115 Å². The Morgan fingerprint density at radius 2 is 2.05 bits per heavy atom. The van der Waals surface area contributed by atoms with E-state index in [0.29, 0.717) is 17.3 Å². The minimum absolute atomic E-state index is 0.361. The summed E-state index contributed by atoms with van der Waals surface area (Å²) in [6.07, 6.45) is 0. The van der Waals surface area contributed by atoms with Gasteiger partial charge in [0.1, 0.15) is 5.75 Å². The van der Waals surface area contributed by atoms with Crippen LogP contribution in [0.1, 0.15) is 5.56 Å². The quantitative estimate of drug-likeness (QED) is 0.771. The molecule has 5 heteroatoms. The third-order valence-electron chi connectivity index (χ3n) is 3.14. The molecule has 98 valence electrons. The monoisotopic (exact) mass is 264 g/mol. The van der Waals surface area contributed by atoms with E-state index in [9.17, 15) is 0 Å². The van der Waals surface area contributed by atoms with Gasteiger partial charge >= 0.3 is 0 Å². The first-order valence-corrected chi connectivity index (χ1v) is 6.06. The Morgan fingerprint density at radius 1 is 1.25 bits per heavy atom. The number of fused-ring (bicyclic) bond motifs is 1. The maximum atomic E-state index is 9.03. The van der Waals surface area contributed by atoms with Crippen LogP contribution < -0.4 is 10.5 Å². The number of imidazole rings is 1. The number of nitrogens with two attached hydrogens (primary N) is 1. The van der Waals surface area contributed by atoms with E-state index >= 15 is 0 Å². The highest BCUT2D eigenvalue weighted by molar-refractivity contribution is 5.82. The molecule has 0 saturated carbocycles. The lowest BCUT2D eigenvalue weighted by Crippen LogP contribution is -2.02. The molecule has 1 aromatic heterocycles. The van der Waals surface area contributed by atoms with Crippen LogP contribution in [0.5, 0.6) is 5.75 Å². The Kier molecular flexibility index (Phi) is 2.77. The lowest BCUT2D eigenvalue weighted by atomic mass is 10.2. The summed E-state index contributed by atoms with van der Waals surface area (Å²) in [5.41, 5.74) is 8.90. The number of anilines is 1. The molecule has 0 amide bonds. The highest BCUT2D eigenvalue weighted by atomic mass is 16.5. The minimum atomic E-state index is 0.361. The van der Waals surface area contributed by atoms with Crippen LogP contribution in [0.4, 0.5) is 5.95 Å². The van der Waals surface area contributed by atoms with Crippen LogP contribution in [-0.4, -0.2) is 16.7 Å². The third kappa shape index (κ3) is 1.75. The van der Waals surface area contributed by atoms with Gasteiger partial charge in [0.15, 0.2) is 0 Å². The van der Waals surface area contributed by atoms with Crippen LogP contribution in [-0.2, 0) is 0 Å². The molecule has 0 bridgehead atoms. The summed E-state index contributed by atoms with van der Waals surface area (Å²) >= 11 is 0. The van der Waals surface area contributed by atoms with Gasteiger partial charge in [-0.2, -0.15) is 5.26 Å². The summed E-state index contributed by atoms with van der Waals surface area (Å²) in [5.74, 6) is 1.06. The molecule has 0 radical (unpaired) electrons. The largest absolute Gasteiger partial charge is 0.495 e. The lowest BCUT2D eigenvalue weighted by molar-refractivity contribution is 0.413. The van der Waals surface area contributed by atoms with Crippen molar-refractivity contribution in [3.05, 3.63) is 48.0 Å². The van der Waals surface area contributed by atoms with Gasteiger partial charge < -0.3 is 10.5 Å². The van der Waals surface area contributed by atoms with Gasteiger partial charge in [-0.15, -0.1) is 0 Å². The number of benzene rings is 2. The lowest BCUT2D eigenvalue weighted by Gasteiger charge is -2.11. The van der Waals surface area contributed by atoms with Crippen LogP contribution in [0.15, 0.2) is 42.5 Å². The zero-order valence-corrected chi connectivity index (χ0v) is 10.9. The van der Waals surface area contributed by atoms with Gasteiger partial charge in [-0.3, -0.25) is 4.57 Å². The highest BCUT2D eigenvalue weighted by Crippen LogP contribution is 2.29. The van der Waals surface area contributed by atoms with Crippen LogP contribution in [0.3, 0.4) is 0 Å². The highest BCUT2D eigenvalue weighted by Gasteiger charge is 2.13. The fourth-order valence-corrected chi connectivity index (χ4v) is 2.23. The summed E-state index contributed by atoms with van der Waals surface area (Å²) in [4.78, 5) is 4.32. The van der Waals surface area contributed by atoms with Crippen molar-refractivity contribution in [2.75, 3.05) is 12.8 Å². The Balaban J connectivity index is 2.35.